The van der Waals surface area contributed by atoms with Crippen LogP contribution in [0.3, 0.4) is 0 Å². The predicted octanol–water partition coefficient (Wildman–Crippen LogP) is 5.52. The van der Waals surface area contributed by atoms with Crippen molar-refractivity contribution in [3.05, 3.63) is 87.2 Å². The van der Waals surface area contributed by atoms with Crippen molar-refractivity contribution in [1.29, 1.82) is 10.5 Å². The molecule has 9 nitrogen and oxygen atoms in total. The van der Waals surface area contributed by atoms with Gasteiger partial charge in [0.05, 0.1) is 28.6 Å². The minimum absolute atomic E-state index is 0.0357. The zero-order chi connectivity index (χ0) is 24.2. The number of aromatic nitrogens is 2. The van der Waals surface area contributed by atoms with Crippen LogP contribution in [0.2, 0.25) is 0 Å². The molecule has 0 saturated carbocycles. The smallest absolute Gasteiger partial charge is 0.290 e. The Labute approximate surface area is 194 Å². The molecule has 9 heteroatoms. The molecule has 4 rings (SSSR count). The number of aryl methyl sites for hydroxylation is 1. The Morgan fingerprint density at radius 1 is 1.12 bits per heavy atom. The first kappa shape index (κ1) is 22.1. The first-order valence-electron chi connectivity index (χ1n) is 10.1. The van der Waals surface area contributed by atoms with E-state index in [2.05, 4.69) is 16.0 Å². The number of hydrogen-bond acceptors (Lipinski definition) is 7. The zero-order valence-corrected chi connectivity index (χ0v) is 18.2. The summed E-state index contributed by atoms with van der Waals surface area (Å²) in [4.78, 5) is 18.2. The maximum atomic E-state index is 11.2. The quantitative estimate of drug-likeness (QED) is 0.231. The Morgan fingerprint density at radius 2 is 1.94 bits per heavy atom. The van der Waals surface area contributed by atoms with E-state index in [1.807, 2.05) is 31.2 Å². The molecule has 0 unspecified atom stereocenters. The van der Waals surface area contributed by atoms with Crippen molar-refractivity contribution < 1.29 is 14.4 Å². The highest BCUT2D eigenvalue weighted by Gasteiger charge is 2.20. The number of nitrogens with one attached hydrogen (secondary N) is 1. The lowest BCUT2D eigenvalue weighted by atomic mass is 10.1. The van der Waals surface area contributed by atoms with Gasteiger partial charge in [0.15, 0.2) is 22.8 Å². The fourth-order valence-corrected chi connectivity index (χ4v) is 3.42. The third-order valence-electron chi connectivity index (χ3n) is 5.04. The molecule has 1 heterocycles. The van der Waals surface area contributed by atoms with Gasteiger partial charge < -0.3 is 14.5 Å². The number of nitriles is 2. The average Bonchev–Trinajstić information content (AvgIpc) is 3.25. The third-order valence-corrected chi connectivity index (χ3v) is 5.04. The van der Waals surface area contributed by atoms with Gasteiger partial charge in [-0.15, -0.1) is 0 Å². The van der Waals surface area contributed by atoms with Gasteiger partial charge in [0.2, 0.25) is 0 Å². The minimum atomic E-state index is -0.640. The highest BCUT2D eigenvalue weighted by molar-refractivity contribution is 5.90. The summed E-state index contributed by atoms with van der Waals surface area (Å²) in [5.41, 5.74) is 3.11. The molecular weight excluding hydrogens is 434 g/mol. The monoisotopic (exact) mass is 451 g/mol. The first-order chi connectivity index (χ1) is 16.4. The number of imidazole rings is 1. The second kappa shape index (κ2) is 9.15. The minimum Gasteiger partial charge on any atom is -0.493 e. The Bertz CT molecular complexity index is 1540. The lowest BCUT2D eigenvalue weighted by molar-refractivity contribution is -0.385. The van der Waals surface area contributed by atoms with E-state index in [9.17, 15) is 20.6 Å². The van der Waals surface area contributed by atoms with Crippen LogP contribution in [0.5, 0.6) is 17.2 Å². The van der Waals surface area contributed by atoms with Crippen LogP contribution in [0.15, 0.2) is 54.6 Å². The lowest BCUT2D eigenvalue weighted by Crippen LogP contribution is -1.97. The van der Waals surface area contributed by atoms with Gasteiger partial charge in [0.25, 0.3) is 5.69 Å². The maximum absolute atomic E-state index is 11.2. The van der Waals surface area contributed by atoms with E-state index in [4.69, 9.17) is 9.47 Å². The number of fused-ring (bicyclic) bond motifs is 1. The van der Waals surface area contributed by atoms with E-state index in [0.717, 1.165) is 16.6 Å². The fraction of sp³-hybridized carbons (Fsp3) is 0.0800. The van der Waals surface area contributed by atoms with Gasteiger partial charge in [-0.3, -0.25) is 10.1 Å². The summed E-state index contributed by atoms with van der Waals surface area (Å²) >= 11 is 0. The zero-order valence-electron chi connectivity index (χ0n) is 18.2. The van der Waals surface area contributed by atoms with Gasteiger partial charge in [-0.2, -0.15) is 10.5 Å². The van der Waals surface area contributed by atoms with Crippen LogP contribution >= 0.6 is 0 Å². The van der Waals surface area contributed by atoms with Crippen molar-refractivity contribution in [3.8, 4) is 29.4 Å². The second-order valence-electron chi connectivity index (χ2n) is 7.31. The van der Waals surface area contributed by atoms with Crippen molar-refractivity contribution in [2.24, 2.45) is 0 Å². The molecule has 0 atom stereocenters. The summed E-state index contributed by atoms with van der Waals surface area (Å²) in [6.07, 6.45) is 1.66. The van der Waals surface area contributed by atoms with E-state index in [0.29, 0.717) is 22.7 Å². The summed E-state index contributed by atoms with van der Waals surface area (Å²) in [5, 5.41) is 30.3. The number of nitrogens with zero attached hydrogens (tertiary/aromatic N) is 4. The molecule has 0 bridgehead atoms. The van der Waals surface area contributed by atoms with Crippen LogP contribution in [0.1, 0.15) is 22.5 Å². The SMILES string of the molecule is COc1cc(/C=C(\C#N)c2nc3ccc(C)cc3[nH]2)ccc1Oc1cccc([N+](=O)[O-])c1C#N. The Kier molecular flexibility index (Phi) is 5.93. The topological polar surface area (TPSA) is 138 Å². The van der Waals surface area contributed by atoms with Crippen LogP contribution < -0.4 is 9.47 Å². The molecule has 0 aliphatic carbocycles. The number of nitro benzene ring substituents is 1. The van der Waals surface area contributed by atoms with Crippen molar-refractivity contribution in [2.75, 3.05) is 7.11 Å². The standard InChI is InChI=1S/C25H17N5O4/c1-15-6-8-19-20(10-15)29-25(28-19)17(13-26)11-16-7-9-23(24(12-16)33-2)34-22-5-3-4-21(30(31)32)18(22)14-27/h3-12H,1-2H3,(H,28,29)/b17-11+. The largest absolute Gasteiger partial charge is 0.493 e. The number of allylic oxidation sites excluding steroid dienone is 1. The van der Waals surface area contributed by atoms with Gasteiger partial charge in [0, 0.05) is 6.07 Å². The van der Waals surface area contributed by atoms with Gasteiger partial charge in [-0.05, 0) is 54.5 Å². The summed E-state index contributed by atoms with van der Waals surface area (Å²) in [7, 11) is 1.45. The summed E-state index contributed by atoms with van der Waals surface area (Å²) in [6.45, 7) is 1.98. The van der Waals surface area contributed by atoms with Crippen LogP contribution in [0.4, 0.5) is 5.69 Å². The summed E-state index contributed by atoms with van der Waals surface area (Å²) in [5.74, 6) is 1.06. The molecule has 34 heavy (non-hydrogen) atoms. The number of methoxy groups -OCH3 is 1. The molecule has 0 saturated heterocycles. The van der Waals surface area contributed by atoms with Gasteiger partial charge in [-0.1, -0.05) is 18.2 Å². The number of H-pyrrole nitrogens is 1. The molecule has 166 valence electrons. The summed E-state index contributed by atoms with van der Waals surface area (Å²) < 4.78 is 11.2. The first-order valence-corrected chi connectivity index (χ1v) is 10.1. The highest BCUT2D eigenvalue weighted by atomic mass is 16.6. The highest BCUT2D eigenvalue weighted by Crippen LogP contribution is 2.37. The molecule has 1 aromatic heterocycles. The Balaban J connectivity index is 1.69. The van der Waals surface area contributed by atoms with Gasteiger partial charge >= 0.3 is 0 Å². The Morgan fingerprint density at radius 3 is 2.65 bits per heavy atom. The van der Waals surface area contributed by atoms with Crippen LogP contribution in [0, 0.1) is 39.7 Å². The molecule has 0 amide bonds. The molecule has 4 aromatic rings. The van der Waals surface area contributed by atoms with Crippen molar-refractivity contribution >= 4 is 28.4 Å². The average molecular weight is 451 g/mol. The van der Waals surface area contributed by atoms with Crippen LogP contribution in [0.25, 0.3) is 22.7 Å². The van der Waals surface area contributed by atoms with Crippen molar-refractivity contribution in [2.45, 2.75) is 6.92 Å². The molecule has 0 spiro atoms. The van der Waals surface area contributed by atoms with E-state index in [-0.39, 0.29) is 22.7 Å². The van der Waals surface area contributed by atoms with Gasteiger partial charge in [-0.25, -0.2) is 4.98 Å². The number of rotatable bonds is 6. The molecule has 0 aliphatic heterocycles. The van der Waals surface area contributed by atoms with Crippen molar-refractivity contribution in [1.82, 2.24) is 9.97 Å². The van der Waals surface area contributed by atoms with Crippen LogP contribution in [-0.2, 0) is 0 Å². The lowest BCUT2D eigenvalue weighted by Gasteiger charge is -2.12. The molecule has 0 radical (unpaired) electrons. The normalized spacial score (nSPS) is 11.0. The van der Waals surface area contributed by atoms with E-state index in [1.165, 1.54) is 25.3 Å². The second-order valence-corrected chi connectivity index (χ2v) is 7.31. The van der Waals surface area contributed by atoms with Gasteiger partial charge in [0.1, 0.15) is 18.0 Å². The van der Waals surface area contributed by atoms with E-state index >= 15 is 0 Å². The number of nitro groups is 1. The number of ether oxygens (including phenoxy) is 2. The molecule has 3 aromatic carbocycles. The molecular formula is C25H17N5O4. The van der Waals surface area contributed by atoms with E-state index in [1.54, 1.807) is 24.3 Å². The number of aromatic amines is 1. The fourth-order valence-electron chi connectivity index (χ4n) is 3.42. The van der Waals surface area contributed by atoms with Crippen LogP contribution in [-0.4, -0.2) is 22.0 Å². The van der Waals surface area contributed by atoms with Crippen molar-refractivity contribution in [3.63, 3.8) is 0 Å². The third kappa shape index (κ3) is 4.27. The number of hydrogen-bond donors (Lipinski definition) is 1. The molecule has 0 aliphatic rings. The Hall–Kier alpha value is -5.15. The molecule has 1 N–H and O–H groups in total. The number of benzene rings is 3. The summed E-state index contributed by atoms with van der Waals surface area (Å²) in [6, 6.07) is 18.9. The van der Waals surface area contributed by atoms with E-state index < -0.39 is 4.92 Å². The predicted molar refractivity (Wildman–Crippen MR) is 125 cm³/mol. The molecule has 0 fully saturated rings. The maximum Gasteiger partial charge on any atom is 0.290 e.